The predicted molar refractivity (Wildman–Crippen MR) is 115 cm³/mol. The normalized spacial score (nSPS) is 11.2. The molecule has 0 bridgehead atoms. The Hall–Kier alpha value is -3.78. The van der Waals surface area contributed by atoms with Crippen LogP contribution in [-0.2, 0) is 0 Å². The fourth-order valence-corrected chi connectivity index (χ4v) is 3.99. The van der Waals surface area contributed by atoms with Gasteiger partial charge in [-0.15, -0.1) is 0 Å². The van der Waals surface area contributed by atoms with Crippen LogP contribution in [0, 0.1) is 25.5 Å². The first-order valence-electron chi connectivity index (χ1n) is 9.39. The van der Waals surface area contributed by atoms with Crippen molar-refractivity contribution < 1.29 is 23.5 Å². The Kier molecular flexibility index (Phi) is 5.18. The van der Waals surface area contributed by atoms with E-state index in [0.29, 0.717) is 11.1 Å². The van der Waals surface area contributed by atoms with Gasteiger partial charge in [0.15, 0.2) is 0 Å². The average molecular weight is 457 g/mol. The SMILES string of the molecule is Cc1cccc(Cl)c1C(=O)n1c(=O)n(-c2ccc(C(=O)O)cc2F)c2c(F)ccc(C)c21. The lowest BCUT2D eigenvalue weighted by Gasteiger charge is -2.09. The molecule has 162 valence electrons. The maximum absolute atomic E-state index is 14.9. The smallest absolute Gasteiger partial charge is 0.341 e. The first kappa shape index (κ1) is 21.5. The molecule has 4 aromatic rings. The van der Waals surface area contributed by atoms with Crippen molar-refractivity contribution in [3.8, 4) is 5.69 Å². The summed E-state index contributed by atoms with van der Waals surface area (Å²) in [6, 6.07) is 10.1. The van der Waals surface area contributed by atoms with Crippen LogP contribution in [0.3, 0.4) is 0 Å². The number of fused-ring (bicyclic) bond motifs is 1. The summed E-state index contributed by atoms with van der Waals surface area (Å²) in [5.41, 5.74) is -1.14. The van der Waals surface area contributed by atoms with Crippen LogP contribution in [0.15, 0.2) is 53.3 Å². The number of aryl methyl sites for hydroxylation is 2. The van der Waals surface area contributed by atoms with Crippen molar-refractivity contribution >= 4 is 34.5 Å². The second-order valence-electron chi connectivity index (χ2n) is 7.22. The number of aromatic nitrogens is 2. The van der Waals surface area contributed by atoms with Gasteiger partial charge >= 0.3 is 11.7 Å². The van der Waals surface area contributed by atoms with Gasteiger partial charge in [-0.3, -0.25) is 9.36 Å². The van der Waals surface area contributed by atoms with Crippen LogP contribution in [0.5, 0.6) is 0 Å². The summed E-state index contributed by atoms with van der Waals surface area (Å²) in [5, 5.41) is 9.18. The monoisotopic (exact) mass is 456 g/mol. The molecule has 0 atom stereocenters. The van der Waals surface area contributed by atoms with Crippen molar-refractivity contribution in [2.24, 2.45) is 0 Å². The lowest BCUT2D eigenvalue weighted by atomic mass is 10.1. The zero-order valence-corrected chi connectivity index (χ0v) is 17.6. The number of imidazole rings is 1. The predicted octanol–water partition coefficient (Wildman–Crippen LogP) is 4.73. The first-order chi connectivity index (χ1) is 15.1. The van der Waals surface area contributed by atoms with Crippen LogP contribution in [0.1, 0.15) is 31.8 Å². The van der Waals surface area contributed by atoms with Gasteiger partial charge in [0.2, 0.25) is 0 Å². The molecule has 0 aliphatic carbocycles. The Morgan fingerprint density at radius 3 is 2.28 bits per heavy atom. The highest BCUT2D eigenvalue weighted by Gasteiger charge is 2.27. The largest absolute Gasteiger partial charge is 0.478 e. The highest BCUT2D eigenvalue weighted by atomic mass is 35.5. The van der Waals surface area contributed by atoms with Crippen molar-refractivity contribution in [1.82, 2.24) is 9.13 Å². The summed E-state index contributed by atoms with van der Waals surface area (Å²) in [4.78, 5) is 38.0. The number of rotatable bonds is 3. The van der Waals surface area contributed by atoms with E-state index in [1.807, 2.05) is 0 Å². The van der Waals surface area contributed by atoms with Gasteiger partial charge < -0.3 is 5.11 Å². The molecule has 6 nitrogen and oxygen atoms in total. The van der Waals surface area contributed by atoms with Gasteiger partial charge in [-0.05, 0) is 55.3 Å². The highest BCUT2D eigenvalue weighted by Crippen LogP contribution is 2.28. The van der Waals surface area contributed by atoms with Crippen molar-refractivity contribution in [2.45, 2.75) is 13.8 Å². The van der Waals surface area contributed by atoms with E-state index in [-0.39, 0.29) is 27.2 Å². The van der Waals surface area contributed by atoms with Gasteiger partial charge in [0.25, 0.3) is 5.91 Å². The summed E-state index contributed by atoms with van der Waals surface area (Å²) in [6.07, 6.45) is 0. The van der Waals surface area contributed by atoms with Gasteiger partial charge in [-0.2, -0.15) is 0 Å². The Labute approximate surface area is 184 Å². The number of nitrogens with zero attached hydrogens (tertiary/aromatic N) is 2. The number of hydrogen-bond donors (Lipinski definition) is 1. The molecule has 4 rings (SSSR count). The number of benzene rings is 3. The third-order valence-electron chi connectivity index (χ3n) is 5.21. The quantitative estimate of drug-likeness (QED) is 0.483. The third kappa shape index (κ3) is 3.20. The van der Waals surface area contributed by atoms with E-state index >= 15 is 0 Å². The minimum Gasteiger partial charge on any atom is -0.478 e. The number of carbonyl (C=O) groups excluding carboxylic acids is 1. The Morgan fingerprint density at radius 1 is 0.938 bits per heavy atom. The second-order valence-corrected chi connectivity index (χ2v) is 7.63. The van der Waals surface area contributed by atoms with Gasteiger partial charge in [0, 0.05) is 0 Å². The molecule has 3 aromatic carbocycles. The van der Waals surface area contributed by atoms with Gasteiger partial charge in [-0.1, -0.05) is 29.8 Å². The molecule has 9 heteroatoms. The maximum atomic E-state index is 14.9. The number of aromatic carboxylic acids is 1. The molecule has 0 aliphatic rings. The summed E-state index contributed by atoms with van der Waals surface area (Å²) >= 11 is 6.21. The zero-order valence-electron chi connectivity index (χ0n) is 16.8. The lowest BCUT2D eigenvalue weighted by Crippen LogP contribution is -2.30. The van der Waals surface area contributed by atoms with Gasteiger partial charge in [-0.25, -0.2) is 22.9 Å². The molecule has 0 saturated carbocycles. The molecule has 0 spiro atoms. The number of carbonyl (C=O) groups is 2. The number of halogens is 3. The molecule has 0 fully saturated rings. The summed E-state index contributed by atoms with van der Waals surface area (Å²) in [5.74, 6) is -4.07. The molecule has 1 N–H and O–H groups in total. The van der Waals surface area contributed by atoms with Crippen molar-refractivity contribution in [3.63, 3.8) is 0 Å². The molecule has 0 saturated heterocycles. The fraction of sp³-hybridized carbons (Fsp3) is 0.0870. The van der Waals surface area contributed by atoms with E-state index in [1.54, 1.807) is 26.0 Å². The maximum Gasteiger partial charge on any atom is 0.341 e. The lowest BCUT2D eigenvalue weighted by molar-refractivity contribution is 0.0696. The van der Waals surface area contributed by atoms with Gasteiger partial charge in [0.1, 0.15) is 17.2 Å². The molecule has 1 heterocycles. The molecular weight excluding hydrogens is 442 g/mol. The van der Waals surface area contributed by atoms with E-state index < -0.39 is 34.9 Å². The molecule has 32 heavy (non-hydrogen) atoms. The third-order valence-corrected chi connectivity index (χ3v) is 5.52. The molecule has 0 unspecified atom stereocenters. The number of hydrogen-bond acceptors (Lipinski definition) is 3. The van der Waals surface area contributed by atoms with Crippen LogP contribution < -0.4 is 5.69 Å². The Balaban J connectivity index is 2.12. The molecule has 0 radical (unpaired) electrons. The van der Waals surface area contributed by atoms with E-state index in [4.69, 9.17) is 16.7 Å². The summed E-state index contributed by atoms with van der Waals surface area (Å²) in [6.45, 7) is 3.22. The summed E-state index contributed by atoms with van der Waals surface area (Å²) < 4.78 is 31.3. The highest BCUT2D eigenvalue weighted by molar-refractivity contribution is 6.34. The van der Waals surface area contributed by atoms with E-state index in [1.165, 1.54) is 12.1 Å². The Bertz CT molecular complexity index is 1480. The van der Waals surface area contributed by atoms with Crippen LogP contribution in [-0.4, -0.2) is 26.1 Å². The van der Waals surface area contributed by atoms with Crippen LogP contribution in [0.25, 0.3) is 16.7 Å². The van der Waals surface area contributed by atoms with Crippen LogP contribution in [0.2, 0.25) is 5.02 Å². The first-order valence-corrected chi connectivity index (χ1v) is 9.77. The van der Waals surface area contributed by atoms with Crippen molar-refractivity contribution in [1.29, 1.82) is 0 Å². The zero-order chi connectivity index (χ0) is 23.3. The fourth-order valence-electron chi connectivity index (χ4n) is 3.69. The van der Waals surface area contributed by atoms with E-state index in [2.05, 4.69) is 0 Å². The number of carboxylic acids is 1. The minimum absolute atomic E-state index is 0.0407. The van der Waals surface area contributed by atoms with Crippen molar-refractivity contribution in [3.05, 3.63) is 97.9 Å². The number of carboxylic acid groups (broad SMARTS) is 1. The Morgan fingerprint density at radius 2 is 1.66 bits per heavy atom. The minimum atomic E-state index is -1.36. The van der Waals surface area contributed by atoms with Crippen LogP contribution >= 0.6 is 11.6 Å². The molecule has 1 aromatic heterocycles. The van der Waals surface area contributed by atoms with Crippen molar-refractivity contribution in [2.75, 3.05) is 0 Å². The average Bonchev–Trinajstić information content (AvgIpc) is 3.04. The molecule has 0 amide bonds. The molecular formula is C23H15ClF2N2O4. The standard InChI is InChI=1S/C23H15ClF2N2O4/c1-11-4-3-5-14(24)18(11)21(29)28-19-12(2)6-8-15(25)20(19)27(23(28)32)17-9-7-13(22(30)31)10-16(17)26/h3-10H,1-2H3,(H,30,31). The van der Waals surface area contributed by atoms with Gasteiger partial charge in [0.05, 0.1) is 27.4 Å². The van der Waals surface area contributed by atoms with Crippen LogP contribution in [0.4, 0.5) is 8.78 Å². The van der Waals surface area contributed by atoms with E-state index in [0.717, 1.165) is 33.4 Å². The molecule has 0 aliphatic heterocycles. The van der Waals surface area contributed by atoms with E-state index in [9.17, 15) is 23.2 Å². The summed E-state index contributed by atoms with van der Waals surface area (Å²) in [7, 11) is 0. The topological polar surface area (TPSA) is 81.3 Å². The second kappa shape index (κ2) is 7.72.